The maximum Gasteiger partial charge on any atom is 0.331 e. The lowest BCUT2D eigenvalue weighted by molar-refractivity contribution is -0.144. The van der Waals surface area contributed by atoms with Gasteiger partial charge < -0.3 is 29.2 Å². The highest BCUT2D eigenvalue weighted by Gasteiger charge is 2.46. The summed E-state index contributed by atoms with van der Waals surface area (Å²) in [5, 5.41) is 18.0. The molecule has 1 aliphatic rings. The number of benzene rings is 6. The van der Waals surface area contributed by atoms with Crippen LogP contribution in [-0.2, 0) is 34.1 Å². The highest BCUT2D eigenvalue weighted by molar-refractivity contribution is 7.99. The highest BCUT2D eigenvalue weighted by atomic mass is 32.2. The van der Waals surface area contributed by atoms with Crippen LogP contribution in [0.1, 0.15) is 22.3 Å². The van der Waals surface area contributed by atoms with E-state index in [0.29, 0.717) is 23.0 Å². The Bertz CT molecular complexity index is 2400. The largest absolute Gasteiger partial charge is 0.490 e. The van der Waals surface area contributed by atoms with Crippen LogP contribution in [-0.4, -0.2) is 71.0 Å². The standard InChI is InChI=1S/C51H42O10S2/c52-47(53)27-29-49(56)60-39(33-62-41-11-3-1-4-12-41)31-58-37-23-19-35(20-24-37)51(45-17-9-7-15-43(45)44-16-8-10-18-46(44)51)36-21-25-38(26-22-36)59-32-40(61-50(57)30-28-48(54)55)34-63-42-13-5-2-6-14-42/h1-30,39-40H,31-34H2,(H,52,53)(H,54,55). The molecular weight excluding hydrogens is 837 g/mol. The number of ether oxygens (including phenoxy) is 4. The zero-order valence-electron chi connectivity index (χ0n) is 33.8. The zero-order valence-corrected chi connectivity index (χ0v) is 35.4. The van der Waals surface area contributed by atoms with E-state index in [9.17, 15) is 19.2 Å². The fourth-order valence-electron chi connectivity index (χ4n) is 7.33. The molecule has 0 heterocycles. The molecule has 0 radical (unpaired) electrons. The van der Waals surface area contributed by atoms with Crippen molar-refractivity contribution >= 4 is 47.4 Å². The maximum absolute atomic E-state index is 12.5. The van der Waals surface area contributed by atoms with Gasteiger partial charge in [-0.15, -0.1) is 23.5 Å². The van der Waals surface area contributed by atoms with Gasteiger partial charge in [0.05, 0.1) is 5.41 Å². The van der Waals surface area contributed by atoms with Crippen molar-refractivity contribution in [1.82, 2.24) is 0 Å². The van der Waals surface area contributed by atoms with Gasteiger partial charge in [0.1, 0.15) is 36.9 Å². The lowest BCUT2D eigenvalue weighted by Gasteiger charge is -2.34. The third-order valence-electron chi connectivity index (χ3n) is 10.0. The van der Waals surface area contributed by atoms with Gasteiger partial charge in [-0.05, 0) is 81.9 Å². The van der Waals surface area contributed by atoms with Crippen molar-refractivity contribution in [2.75, 3.05) is 24.7 Å². The van der Waals surface area contributed by atoms with Gasteiger partial charge >= 0.3 is 23.9 Å². The van der Waals surface area contributed by atoms with Gasteiger partial charge in [0.15, 0.2) is 0 Å². The second-order valence-electron chi connectivity index (χ2n) is 14.2. The Kier molecular flexibility index (Phi) is 14.8. The number of aliphatic carboxylic acids is 2. The Morgan fingerprint density at radius 1 is 0.476 bits per heavy atom. The Morgan fingerprint density at radius 2 is 0.841 bits per heavy atom. The van der Waals surface area contributed by atoms with Crippen LogP contribution >= 0.6 is 23.5 Å². The first-order valence-corrected chi connectivity index (χ1v) is 21.9. The average Bonchev–Trinajstić information content (AvgIpc) is 3.61. The quantitative estimate of drug-likeness (QED) is 0.0427. The number of carboxylic acids is 2. The molecule has 2 unspecified atom stereocenters. The molecule has 0 saturated heterocycles. The third-order valence-corrected chi connectivity index (χ3v) is 12.3. The van der Waals surface area contributed by atoms with Crippen LogP contribution in [0.25, 0.3) is 11.1 Å². The topological polar surface area (TPSA) is 146 Å². The molecule has 0 aromatic heterocycles. The molecule has 0 fully saturated rings. The molecule has 2 N–H and O–H groups in total. The number of carbonyl (C=O) groups is 4. The van der Waals surface area contributed by atoms with Gasteiger partial charge in [-0.2, -0.15) is 0 Å². The van der Waals surface area contributed by atoms with Crippen molar-refractivity contribution in [3.63, 3.8) is 0 Å². The van der Waals surface area contributed by atoms with Crippen molar-refractivity contribution in [2.24, 2.45) is 0 Å². The van der Waals surface area contributed by atoms with E-state index in [1.807, 2.05) is 133 Å². The van der Waals surface area contributed by atoms with Crippen LogP contribution in [0.4, 0.5) is 0 Å². The van der Waals surface area contributed by atoms with E-state index in [2.05, 4.69) is 24.3 Å². The minimum atomic E-state index is -1.25. The van der Waals surface area contributed by atoms with Crippen LogP contribution in [0.3, 0.4) is 0 Å². The normalized spacial score (nSPS) is 13.4. The van der Waals surface area contributed by atoms with Crippen molar-refractivity contribution in [3.05, 3.63) is 204 Å². The van der Waals surface area contributed by atoms with E-state index in [-0.39, 0.29) is 13.2 Å². The number of hydrogen-bond acceptors (Lipinski definition) is 10. The van der Waals surface area contributed by atoms with Crippen molar-refractivity contribution in [2.45, 2.75) is 27.4 Å². The first-order valence-electron chi connectivity index (χ1n) is 19.9. The van der Waals surface area contributed by atoms with Gasteiger partial charge in [0.2, 0.25) is 0 Å². The smallest absolute Gasteiger partial charge is 0.331 e. The Balaban J connectivity index is 1.13. The fourth-order valence-corrected chi connectivity index (χ4v) is 9.12. The van der Waals surface area contributed by atoms with E-state index in [4.69, 9.17) is 29.2 Å². The summed E-state index contributed by atoms with van der Waals surface area (Å²) < 4.78 is 23.7. The molecule has 0 aliphatic heterocycles. The molecule has 0 amide bonds. The summed E-state index contributed by atoms with van der Waals surface area (Å²) in [7, 11) is 0. The van der Waals surface area contributed by atoms with Crippen molar-refractivity contribution in [3.8, 4) is 22.6 Å². The molecule has 6 aromatic rings. The number of carboxylic acid groups (broad SMARTS) is 2. The molecule has 10 nitrogen and oxygen atoms in total. The molecular formula is C51H42O10S2. The summed E-state index contributed by atoms with van der Waals surface area (Å²) in [6.07, 6.45) is 1.90. The van der Waals surface area contributed by atoms with Crippen LogP contribution in [0, 0.1) is 0 Å². The summed E-state index contributed by atoms with van der Waals surface area (Å²) in [5.41, 5.74) is 5.68. The van der Waals surface area contributed by atoms with Crippen molar-refractivity contribution < 1.29 is 48.3 Å². The van der Waals surface area contributed by atoms with Gasteiger partial charge in [-0.3, -0.25) is 0 Å². The molecule has 0 bridgehead atoms. The van der Waals surface area contributed by atoms with E-state index < -0.39 is 41.5 Å². The molecule has 1 aliphatic carbocycles. The maximum atomic E-state index is 12.5. The second-order valence-corrected chi connectivity index (χ2v) is 16.4. The Morgan fingerprint density at radius 3 is 1.22 bits per heavy atom. The van der Waals surface area contributed by atoms with Crippen LogP contribution in [0.15, 0.2) is 192 Å². The van der Waals surface area contributed by atoms with E-state index in [0.717, 1.165) is 67.5 Å². The van der Waals surface area contributed by atoms with Gasteiger partial charge in [0, 0.05) is 45.6 Å². The number of carbonyl (C=O) groups excluding carboxylic acids is 2. The molecule has 0 spiro atoms. The molecule has 7 rings (SSSR count). The van der Waals surface area contributed by atoms with E-state index in [1.165, 1.54) is 23.5 Å². The summed E-state index contributed by atoms with van der Waals surface area (Å²) >= 11 is 2.99. The fraction of sp³-hybridized carbons (Fsp3) is 0.137. The third kappa shape index (κ3) is 11.3. The van der Waals surface area contributed by atoms with E-state index >= 15 is 0 Å². The summed E-state index contributed by atoms with van der Waals surface area (Å²) in [6.45, 7) is 0.0717. The monoisotopic (exact) mass is 878 g/mol. The highest BCUT2D eigenvalue weighted by Crippen LogP contribution is 2.56. The predicted molar refractivity (Wildman–Crippen MR) is 242 cm³/mol. The second kappa shape index (κ2) is 21.2. The molecule has 2 atom stereocenters. The lowest BCUT2D eigenvalue weighted by Crippen LogP contribution is -2.29. The zero-order chi connectivity index (χ0) is 44.0. The number of thioether (sulfide) groups is 2. The van der Waals surface area contributed by atoms with Gasteiger partial charge in [-0.25, -0.2) is 19.2 Å². The van der Waals surface area contributed by atoms with Gasteiger partial charge in [0.25, 0.3) is 0 Å². The molecule has 6 aromatic carbocycles. The molecule has 63 heavy (non-hydrogen) atoms. The van der Waals surface area contributed by atoms with Crippen LogP contribution < -0.4 is 9.47 Å². The lowest BCUT2D eigenvalue weighted by atomic mass is 9.68. The van der Waals surface area contributed by atoms with Crippen LogP contribution in [0.5, 0.6) is 11.5 Å². The summed E-state index contributed by atoms with van der Waals surface area (Å²) in [4.78, 5) is 49.0. The molecule has 12 heteroatoms. The SMILES string of the molecule is O=C(O)C=CC(=O)OC(COc1ccc(C2(c3ccc(OCC(CSc4ccccc4)OC(=O)C=CC(=O)O)cc3)c3ccccc3-c3ccccc32)cc1)CSc1ccccc1. The van der Waals surface area contributed by atoms with Gasteiger partial charge in [-0.1, -0.05) is 109 Å². The first-order chi connectivity index (χ1) is 30.7. The number of hydrogen-bond donors (Lipinski definition) is 2. The summed E-state index contributed by atoms with van der Waals surface area (Å²) in [5.74, 6) is -2.17. The number of esters is 2. The van der Waals surface area contributed by atoms with Crippen LogP contribution in [0.2, 0.25) is 0 Å². The number of fused-ring (bicyclic) bond motifs is 3. The van der Waals surface area contributed by atoms with Crippen molar-refractivity contribution in [1.29, 1.82) is 0 Å². The Hall–Kier alpha value is -7.02. The average molecular weight is 879 g/mol. The molecule has 0 saturated carbocycles. The number of rotatable bonds is 20. The summed E-state index contributed by atoms with van der Waals surface area (Å²) in [6, 6.07) is 51.8. The molecule has 318 valence electrons. The predicted octanol–water partition coefficient (Wildman–Crippen LogP) is 9.50. The first kappa shape index (κ1) is 44.0. The van der Waals surface area contributed by atoms with E-state index in [1.54, 1.807) is 0 Å². The Labute approximate surface area is 373 Å². The minimum absolute atomic E-state index is 0.0359. The minimum Gasteiger partial charge on any atom is -0.490 e.